The molecule has 0 saturated heterocycles. The van der Waals surface area contributed by atoms with E-state index in [9.17, 15) is 0 Å². The number of aromatic amines is 1. The van der Waals surface area contributed by atoms with Crippen LogP contribution in [0, 0.1) is 0 Å². The van der Waals surface area contributed by atoms with E-state index >= 15 is 0 Å². The van der Waals surface area contributed by atoms with Crippen molar-refractivity contribution < 1.29 is 0 Å². The van der Waals surface area contributed by atoms with Gasteiger partial charge < -0.3 is 0 Å². The van der Waals surface area contributed by atoms with Crippen molar-refractivity contribution in [2.75, 3.05) is 0 Å². The Labute approximate surface area is 167 Å². The molecule has 132 valence electrons. The van der Waals surface area contributed by atoms with E-state index in [1.165, 1.54) is 11.3 Å². The predicted octanol–water partition coefficient (Wildman–Crippen LogP) is 5.22. The molecule has 3 heterocycles. The fourth-order valence-corrected chi connectivity index (χ4v) is 4.05. The number of nitrogens with one attached hydrogen (secondary N) is 1. The fourth-order valence-electron chi connectivity index (χ4n) is 2.75. The van der Waals surface area contributed by atoms with Crippen LogP contribution in [0.1, 0.15) is 0 Å². The van der Waals surface area contributed by atoms with Gasteiger partial charge in [-0.25, -0.2) is 0 Å². The first kappa shape index (κ1) is 16.4. The molecule has 0 bridgehead atoms. The zero-order valence-corrected chi connectivity index (χ0v) is 15.9. The fraction of sp³-hybridized carbons (Fsp3) is 0. The lowest BCUT2D eigenvalue weighted by molar-refractivity contribution is 0.955. The normalized spacial score (nSPS) is 11.3. The Morgan fingerprint density at radius 3 is 2.67 bits per heavy atom. The summed E-state index contributed by atoms with van der Waals surface area (Å²) >= 11 is 13.8. The van der Waals surface area contributed by atoms with Crippen LogP contribution in [0.3, 0.4) is 0 Å². The van der Waals surface area contributed by atoms with Gasteiger partial charge in [0, 0.05) is 16.1 Å². The molecule has 27 heavy (non-hydrogen) atoms. The van der Waals surface area contributed by atoms with Gasteiger partial charge in [0.2, 0.25) is 10.8 Å². The van der Waals surface area contributed by atoms with Crippen LogP contribution in [0.5, 0.6) is 0 Å². The third-order valence-electron chi connectivity index (χ3n) is 4.04. The smallest absolute Gasteiger partial charge is 0.235 e. The van der Waals surface area contributed by atoms with E-state index in [2.05, 4.69) is 25.5 Å². The van der Waals surface area contributed by atoms with Crippen molar-refractivity contribution in [3.05, 3.63) is 64.6 Å². The van der Waals surface area contributed by atoms with Gasteiger partial charge in [-0.2, -0.15) is 14.7 Å². The molecule has 9 heteroatoms. The third-order valence-corrected chi connectivity index (χ3v) is 5.53. The van der Waals surface area contributed by atoms with Crippen molar-refractivity contribution in [1.82, 2.24) is 30.0 Å². The number of hydrogen-bond acceptors (Lipinski definition) is 5. The molecule has 2 aromatic carbocycles. The van der Waals surface area contributed by atoms with Crippen LogP contribution in [0.25, 0.3) is 38.3 Å². The highest BCUT2D eigenvalue weighted by Gasteiger charge is 2.18. The number of benzene rings is 2. The van der Waals surface area contributed by atoms with E-state index in [1.807, 2.05) is 36.4 Å². The van der Waals surface area contributed by atoms with Gasteiger partial charge in [-0.05, 0) is 24.3 Å². The minimum atomic E-state index is 0.582. The molecule has 6 nitrogen and oxygen atoms in total. The molecule has 0 radical (unpaired) electrons. The van der Waals surface area contributed by atoms with Crippen LogP contribution in [0.4, 0.5) is 0 Å². The Balaban J connectivity index is 1.58. The molecule has 5 rings (SSSR count). The van der Waals surface area contributed by atoms with Crippen LogP contribution in [0.15, 0.2) is 54.6 Å². The minimum absolute atomic E-state index is 0.582. The van der Waals surface area contributed by atoms with E-state index in [0.29, 0.717) is 20.8 Å². The zero-order chi connectivity index (χ0) is 18.4. The number of hydrogen-bond donors (Lipinski definition) is 1. The summed E-state index contributed by atoms with van der Waals surface area (Å²) in [5, 5.41) is 22.4. The second-order valence-corrected chi connectivity index (χ2v) is 7.58. The zero-order valence-electron chi connectivity index (χ0n) is 13.6. The van der Waals surface area contributed by atoms with Gasteiger partial charge in [0.1, 0.15) is 10.7 Å². The number of aromatic nitrogens is 6. The highest BCUT2D eigenvalue weighted by atomic mass is 35.5. The number of rotatable bonds is 3. The molecule has 0 amide bonds. The summed E-state index contributed by atoms with van der Waals surface area (Å²) in [6.07, 6.45) is 0. The van der Waals surface area contributed by atoms with Crippen molar-refractivity contribution in [3.63, 3.8) is 0 Å². The molecule has 0 fully saturated rings. The molecular weight excluding hydrogens is 403 g/mol. The number of halogens is 2. The van der Waals surface area contributed by atoms with Gasteiger partial charge in [-0.3, -0.25) is 5.10 Å². The summed E-state index contributed by atoms with van der Waals surface area (Å²) in [4.78, 5) is 0.659. The molecule has 0 saturated carbocycles. The van der Waals surface area contributed by atoms with Gasteiger partial charge in [0.15, 0.2) is 0 Å². The second-order valence-electron chi connectivity index (χ2n) is 5.78. The number of fused-ring (bicyclic) bond motifs is 1. The molecule has 3 aromatic heterocycles. The maximum atomic E-state index is 6.30. The SMILES string of the molecule is Clc1ccc(Cl)c(-c2nn3c(-c4cc(-c5ccccc5)n[nH]4)nnc3s2)c1. The van der Waals surface area contributed by atoms with Gasteiger partial charge >= 0.3 is 0 Å². The molecule has 1 N–H and O–H groups in total. The van der Waals surface area contributed by atoms with Gasteiger partial charge in [-0.1, -0.05) is 64.9 Å². The molecule has 0 aliphatic carbocycles. The topological polar surface area (TPSA) is 71.8 Å². The van der Waals surface area contributed by atoms with Crippen molar-refractivity contribution >= 4 is 39.5 Å². The number of nitrogens with zero attached hydrogens (tertiary/aromatic N) is 5. The highest BCUT2D eigenvalue weighted by molar-refractivity contribution is 7.19. The van der Waals surface area contributed by atoms with Gasteiger partial charge in [0.25, 0.3) is 0 Å². The van der Waals surface area contributed by atoms with Crippen LogP contribution in [0.2, 0.25) is 10.0 Å². The van der Waals surface area contributed by atoms with E-state index in [1.54, 1.807) is 22.7 Å². The first-order chi connectivity index (χ1) is 13.2. The average Bonchev–Trinajstić information content (AvgIpc) is 3.39. The summed E-state index contributed by atoms with van der Waals surface area (Å²) < 4.78 is 1.68. The predicted molar refractivity (Wildman–Crippen MR) is 107 cm³/mol. The maximum Gasteiger partial charge on any atom is 0.235 e. The lowest BCUT2D eigenvalue weighted by atomic mass is 10.1. The first-order valence-electron chi connectivity index (χ1n) is 7.98. The van der Waals surface area contributed by atoms with E-state index in [0.717, 1.165) is 27.5 Å². The molecule has 0 aliphatic heterocycles. The third kappa shape index (κ3) is 2.90. The molecule has 0 aliphatic rings. The maximum absolute atomic E-state index is 6.30. The van der Waals surface area contributed by atoms with E-state index in [4.69, 9.17) is 23.2 Å². The standard InChI is InChI=1S/C18H10Cl2N6S/c19-11-6-7-13(20)12(8-11)17-25-26-16(23-24-18(26)27-17)15-9-14(21-22-15)10-4-2-1-3-5-10/h1-9H,(H,21,22). The molecular formula is C18H10Cl2N6S. The largest absolute Gasteiger partial charge is 0.274 e. The Kier molecular flexibility index (Phi) is 3.93. The Bertz CT molecular complexity index is 1260. The van der Waals surface area contributed by atoms with Crippen LogP contribution >= 0.6 is 34.5 Å². The lowest BCUT2D eigenvalue weighted by Crippen LogP contribution is -1.91. The average molecular weight is 413 g/mol. The second kappa shape index (κ2) is 6.45. The van der Waals surface area contributed by atoms with Gasteiger partial charge in [0.05, 0.1) is 10.7 Å². The molecule has 0 unspecified atom stereocenters. The lowest BCUT2D eigenvalue weighted by Gasteiger charge is -1.99. The minimum Gasteiger partial charge on any atom is -0.274 e. The Morgan fingerprint density at radius 1 is 0.963 bits per heavy atom. The first-order valence-corrected chi connectivity index (χ1v) is 9.55. The molecule has 5 aromatic rings. The summed E-state index contributed by atoms with van der Waals surface area (Å²) in [7, 11) is 0. The van der Waals surface area contributed by atoms with Crippen molar-refractivity contribution in [2.24, 2.45) is 0 Å². The van der Waals surface area contributed by atoms with Crippen LogP contribution < -0.4 is 0 Å². The Hall–Kier alpha value is -2.74. The highest BCUT2D eigenvalue weighted by Crippen LogP contribution is 2.34. The summed E-state index contributed by atoms with van der Waals surface area (Å²) in [5.74, 6) is 0.584. The van der Waals surface area contributed by atoms with Crippen molar-refractivity contribution in [2.45, 2.75) is 0 Å². The van der Waals surface area contributed by atoms with Crippen molar-refractivity contribution in [3.8, 4) is 33.3 Å². The van der Waals surface area contributed by atoms with Crippen molar-refractivity contribution in [1.29, 1.82) is 0 Å². The quantitative estimate of drug-likeness (QED) is 0.440. The van der Waals surface area contributed by atoms with Crippen LogP contribution in [-0.4, -0.2) is 30.0 Å². The number of H-pyrrole nitrogens is 1. The molecule has 0 spiro atoms. The Morgan fingerprint density at radius 2 is 1.81 bits per heavy atom. The van der Waals surface area contributed by atoms with Gasteiger partial charge in [-0.15, -0.1) is 10.2 Å². The monoisotopic (exact) mass is 412 g/mol. The summed E-state index contributed by atoms with van der Waals surface area (Å²) in [6, 6.07) is 17.1. The summed E-state index contributed by atoms with van der Waals surface area (Å²) in [5.41, 5.74) is 3.34. The molecule has 0 atom stereocenters. The van der Waals surface area contributed by atoms with E-state index < -0.39 is 0 Å². The van der Waals surface area contributed by atoms with Crippen LogP contribution in [-0.2, 0) is 0 Å². The van der Waals surface area contributed by atoms with E-state index in [-0.39, 0.29) is 0 Å². The summed E-state index contributed by atoms with van der Waals surface area (Å²) in [6.45, 7) is 0.